The summed E-state index contributed by atoms with van der Waals surface area (Å²) < 4.78 is 5.24. The number of methoxy groups -OCH3 is 1. The van der Waals surface area contributed by atoms with Crippen molar-refractivity contribution >= 4 is 5.69 Å². The summed E-state index contributed by atoms with van der Waals surface area (Å²) in [5.41, 5.74) is 2.85. The summed E-state index contributed by atoms with van der Waals surface area (Å²) in [6.45, 7) is 10.9. The molecule has 0 aliphatic carbocycles. The molecule has 1 heterocycles. The highest BCUT2D eigenvalue weighted by atomic mass is 16.5. The molecule has 1 atom stereocenters. The molecule has 0 aromatic heterocycles. The monoisotopic (exact) mass is 276 g/mol. The van der Waals surface area contributed by atoms with E-state index in [-0.39, 0.29) is 5.41 Å². The first kappa shape index (κ1) is 15.3. The molecule has 1 aliphatic rings. The van der Waals surface area contributed by atoms with Crippen molar-refractivity contribution in [2.75, 3.05) is 31.6 Å². The molecule has 1 fully saturated rings. The van der Waals surface area contributed by atoms with Crippen LogP contribution in [-0.2, 0) is 11.3 Å². The Morgan fingerprint density at radius 3 is 2.85 bits per heavy atom. The van der Waals surface area contributed by atoms with Crippen molar-refractivity contribution in [1.82, 2.24) is 5.32 Å². The number of ether oxygens (including phenoxy) is 1. The van der Waals surface area contributed by atoms with Crippen LogP contribution in [-0.4, -0.2) is 32.8 Å². The minimum Gasteiger partial charge on any atom is -0.380 e. The number of hydrogen-bond donors (Lipinski definition) is 1. The van der Waals surface area contributed by atoms with Gasteiger partial charge in [0.05, 0.1) is 6.61 Å². The molecular weight excluding hydrogens is 248 g/mol. The van der Waals surface area contributed by atoms with Gasteiger partial charge in [-0.2, -0.15) is 0 Å². The molecule has 1 aliphatic heterocycles. The molecule has 0 saturated carbocycles. The molecule has 20 heavy (non-hydrogen) atoms. The maximum Gasteiger partial charge on any atom is 0.0713 e. The molecule has 3 heteroatoms. The quantitative estimate of drug-likeness (QED) is 0.918. The Labute approximate surface area is 123 Å². The number of nitrogens with zero attached hydrogens (tertiary/aromatic N) is 1. The second-order valence-corrected chi connectivity index (χ2v) is 6.78. The second-order valence-electron chi connectivity index (χ2n) is 6.78. The van der Waals surface area contributed by atoms with Gasteiger partial charge in [0, 0.05) is 31.9 Å². The van der Waals surface area contributed by atoms with Gasteiger partial charge in [0.2, 0.25) is 0 Å². The molecule has 0 amide bonds. The minimum absolute atomic E-state index is 0.284. The zero-order valence-electron chi connectivity index (χ0n) is 13.3. The van der Waals surface area contributed by atoms with Gasteiger partial charge in [0.1, 0.15) is 0 Å². The Kier molecular flexibility index (Phi) is 5.06. The molecular formula is C17H28N2O. The van der Waals surface area contributed by atoms with Gasteiger partial charge in [-0.3, -0.25) is 0 Å². The van der Waals surface area contributed by atoms with E-state index < -0.39 is 0 Å². The summed E-state index contributed by atoms with van der Waals surface area (Å²) in [4.78, 5) is 2.51. The first-order valence-electron chi connectivity index (χ1n) is 7.57. The summed E-state index contributed by atoms with van der Waals surface area (Å²) in [6.07, 6.45) is 1.20. The van der Waals surface area contributed by atoms with Gasteiger partial charge in [0.25, 0.3) is 0 Å². The van der Waals surface area contributed by atoms with E-state index in [9.17, 15) is 0 Å². The standard InChI is InChI=1S/C17H28N2O/c1-17(2,3)16-12-19(10-6-9-18-16)15-8-5-7-14(11-15)13-20-4/h5,7-8,11,16,18H,6,9-10,12-13H2,1-4H3. The van der Waals surface area contributed by atoms with Gasteiger partial charge in [-0.15, -0.1) is 0 Å². The number of anilines is 1. The lowest BCUT2D eigenvalue weighted by molar-refractivity contribution is 0.185. The normalized spacial score (nSPS) is 20.8. The molecule has 1 saturated heterocycles. The van der Waals surface area contributed by atoms with Gasteiger partial charge in [0.15, 0.2) is 0 Å². The SMILES string of the molecule is COCc1cccc(N2CCCNC(C(C)(C)C)C2)c1. The third-order valence-electron chi connectivity index (χ3n) is 4.03. The highest BCUT2D eigenvalue weighted by Crippen LogP contribution is 2.25. The third-order valence-corrected chi connectivity index (χ3v) is 4.03. The van der Waals surface area contributed by atoms with Gasteiger partial charge in [-0.25, -0.2) is 0 Å². The van der Waals surface area contributed by atoms with Crippen LogP contribution in [0.2, 0.25) is 0 Å². The first-order valence-corrected chi connectivity index (χ1v) is 7.57. The highest BCUT2D eigenvalue weighted by Gasteiger charge is 2.28. The van der Waals surface area contributed by atoms with E-state index in [1.165, 1.54) is 17.7 Å². The number of benzene rings is 1. The summed E-state index contributed by atoms with van der Waals surface area (Å²) in [6, 6.07) is 9.26. The Morgan fingerprint density at radius 2 is 2.15 bits per heavy atom. The summed E-state index contributed by atoms with van der Waals surface area (Å²) in [5, 5.41) is 3.69. The van der Waals surface area contributed by atoms with E-state index >= 15 is 0 Å². The van der Waals surface area contributed by atoms with Crippen molar-refractivity contribution in [3.63, 3.8) is 0 Å². The van der Waals surface area contributed by atoms with E-state index in [2.05, 4.69) is 55.3 Å². The van der Waals surface area contributed by atoms with Crippen molar-refractivity contribution in [3.05, 3.63) is 29.8 Å². The van der Waals surface area contributed by atoms with E-state index in [4.69, 9.17) is 4.74 Å². The predicted molar refractivity (Wildman–Crippen MR) is 85.2 cm³/mol. The largest absolute Gasteiger partial charge is 0.380 e. The van der Waals surface area contributed by atoms with E-state index in [0.717, 1.165) is 19.6 Å². The highest BCUT2D eigenvalue weighted by molar-refractivity contribution is 5.49. The summed E-state index contributed by atoms with van der Waals surface area (Å²) >= 11 is 0. The number of nitrogens with one attached hydrogen (secondary N) is 1. The molecule has 1 aromatic carbocycles. The van der Waals surface area contributed by atoms with Crippen LogP contribution in [0.25, 0.3) is 0 Å². The van der Waals surface area contributed by atoms with Gasteiger partial charge in [-0.05, 0) is 36.1 Å². The predicted octanol–water partition coefficient (Wildman–Crippen LogP) is 3.05. The lowest BCUT2D eigenvalue weighted by atomic mass is 9.86. The Bertz CT molecular complexity index is 425. The van der Waals surface area contributed by atoms with Crippen molar-refractivity contribution in [3.8, 4) is 0 Å². The van der Waals surface area contributed by atoms with Gasteiger partial charge in [-0.1, -0.05) is 32.9 Å². The minimum atomic E-state index is 0.284. The van der Waals surface area contributed by atoms with Crippen LogP contribution in [0.1, 0.15) is 32.8 Å². The summed E-state index contributed by atoms with van der Waals surface area (Å²) in [7, 11) is 1.75. The lowest BCUT2D eigenvalue weighted by Crippen LogP contribution is -2.46. The van der Waals surface area contributed by atoms with Gasteiger partial charge < -0.3 is 15.0 Å². The molecule has 0 bridgehead atoms. The Morgan fingerprint density at radius 1 is 1.35 bits per heavy atom. The van der Waals surface area contributed by atoms with Crippen LogP contribution in [0.3, 0.4) is 0 Å². The van der Waals surface area contributed by atoms with Crippen LogP contribution >= 0.6 is 0 Å². The average molecular weight is 276 g/mol. The lowest BCUT2D eigenvalue weighted by Gasteiger charge is -2.34. The van der Waals surface area contributed by atoms with Crippen molar-refractivity contribution in [1.29, 1.82) is 0 Å². The maximum atomic E-state index is 5.24. The second kappa shape index (κ2) is 6.59. The zero-order chi connectivity index (χ0) is 14.6. The van der Waals surface area contributed by atoms with E-state index in [1.54, 1.807) is 7.11 Å². The van der Waals surface area contributed by atoms with Crippen LogP contribution in [0.4, 0.5) is 5.69 Å². The fraction of sp³-hybridized carbons (Fsp3) is 0.647. The molecule has 0 spiro atoms. The Balaban J connectivity index is 2.15. The molecule has 2 rings (SSSR count). The van der Waals surface area contributed by atoms with E-state index in [1.807, 2.05) is 0 Å². The topological polar surface area (TPSA) is 24.5 Å². The molecule has 0 radical (unpaired) electrons. The Hall–Kier alpha value is -1.06. The van der Waals surface area contributed by atoms with Gasteiger partial charge >= 0.3 is 0 Å². The van der Waals surface area contributed by atoms with Crippen molar-refractivity contribution < 1.29 is 4.74 Å². The fourth-order valence-corrected chi connectivity index (χ4v) is 2.75. The molecule has 1 aromatic rings. The maximum absolute atomic E-state index is 5.24. The van der Waals surface area contributed by atoms with Crippen LogP contribution in [0.5, 0.6) is 0 Å². The van der Waals surface area contributed by atoms with Crippen molar-refractivity contribution in [2.24, 2.45) is 5.41 Å². The third kappa shape index (κ3) is 3.97. The molecule has 1 N–H and O–H groups in total. The molecule has 1 unspecified atom stereocenters. The molecule has 112 valence electrons. The van der Waals surface area contributed by atoms with Crippen LogP contribution < -0.4 is 10.2 Å². The molecule has 3 nitrogen and oxygen atoms in total. The number of hydrogen-bond acceptors (Lipinski definition) is 3. The number of rotatable bonds is 3. The van der Waals surface area contributed by atoms with Crippen LogP contribution in [0, 0.1) is 5.41 Å². The smallest absolute Gasteiger partial charge is 0.0713 e. The van der Waals surface area contributed by atoms with Crippen molar-refractivity contribution in [2.45, 2.75) is 39.8 Å². The fourth-order valence-electron chi connectivity index (χ4n) is 2.75. The average Bonchev–Trinajstić information content (AvgIpc) is 2.65. The summed E-state index contributed by atoms with van der Waals surface area (Å²) in [5.74, 6) is 0. The van der Waals surface area contributed by atoms with Crippen LogP contribution in [0.15, 0.2) is 24.3 Å². The van der Waals surface area contributed by atoms with E-state index in [0.29, 0.717) is 12.6 Å². The zero-order valence-corrected chi connectivity index (χ0v) is 13.3. The first-order chi connectivity index (χ1) is 9.50.